The van der Waals surface area contributed by atoms with Crippen LogP contribution in [0.15, 0.2) is 41.5 Å². The van der Waals surface area contributed by atoms with Crippen LogP contribution in [-0.4, -0.2) is 23.0 Å². The summed E-state index contributed by atoms with van der Waals surface area (Å²) in [7, 11) is 0. The first-order chi connectivity index (χ1) is 11.7. The molecule has 5 heteroatoms. The molecule has 1 aromatic carbocycles. The summed E-state index contributed by atoms with van der Waals surface area (Å²) in [5.74, 6) is 0.900. The average molecular weight is 317 g/mol. The average Bonchev–Trinajstić information content (AvgIpc) is 3.39. The van der Waals surface area contributed by atoms with Gasteiger partial charge < -0.3 is 0 Å². The van der Waals surface area contributed by atoms with Crippen molar-refractivity contribution < 1.29 is 9.59 Å². The van der Waals surface area contributed by atoms with Crippen molar-refractivity contribution >= 4 is 18.0 Å². The summed E-state index contributed by atoms with van der Waals surface area (Å²) in [4.78, 5) is 25.5. The van der Waals surface area contributed by atoms with Gasteiger partial charge in [-0.2, -0.15) is 15.4 Å². The molecule has 1 aliphatic heterocycles. The first-order valence-corrected chi connectivity index (χ1v) is 8.29. The van der Waals surface area contributed by atoms with Crippen LogP contribution in [-0.2, 0) is 9.59 Å². The highest BCUT2D eigenvalue weighted by Crippen LogP contribution is 2.65. The van der Waals surface area contributed by atoms with Gasteiger partial charge in [0.1, 0.15) is 0 Å². The van der Waals surface area contributed by atoms with Crippen molar-refractivity contribution in [3.63, 3.8) is 0 Å². The molecule has 6 atom stereocenters. The van der Waals surface area contributed by atoms with E-state index < -0.39 is 0 Å². The molecule has 3 fully saturated rings. The van der Waals surface area contributed by atoms with E-state index in [1.54, 1.807) is 24.3 Å². The molecular formula is C19H15N3O2. The smallest absolute Gasteiger partial charge is 0.254 e. The molecule has 0 N–H and O–H groups in total. The topological polar surface area (TPSA) is 73.5 Å². The van der Waals surface area contributed by atoms with Crippen LogP contribution < -0.4 is 0 Å². The molecule has 5 aliphatic rings. The van der Waals surface area contributed by atoms with E-state index in [1.807, 2.05) is 0 Å². The highest BCUT2D eigenvalue weighted by atomic mass is 16.2. The van der Waals surface area contributed by atoms with E-state index in [9.17, 15) is 9.59 Å². The molecule has 0 aromatic heterocycles. The Labute approximate surface area is 139 Å². The zero-order chi connectivity index (χ0) is 16.4. The lowest BCUT2D eigenvalue weighted by Crippen LogP contribution is -2.40. The van der Waals surface area contributed by atoms with E-state index in [0.717, 1.165) is 17.0 Å². The van der Waals surface area contributed by atoms with Gasteiger partial charge in [-0.25, -0.2) is 0 Å². The fourth-order valence-electron chi connectivity index (χ4n) is 4.82. The van der Waals surface area contributed by atoms with Crippen LogP contribution in [0.2, 0.25) is 0 Å². The molecule has 2 saturated carbocycles. The standard InChI is InChI=1S/C19H15N3O2/c20-8-10-1-3-11(4-2-10)9-21-22-18(23)16-12-5-6-13(15-7-14(12)15)17(16)19(22)24/h1-6,9,12-17H,7H2/b21-9-/t12-,13-,14-,15-,16-,17+/m0/s1. The number of amides is 2. The number of nitriles is 1. The van der Waals surface area contributed by atoms with Gasteiger partial charge in [0.05, 0.1) is 29.7 Å². The Morgan fingerprint density at radius 3 is 2.17 bits per heavy atom. The van der Waals surface area contributed by atoms with Crippen LogP contribution in [0.1, 0.15) is 17.5 Å². The Bertz CT molecular complexity index is 812. The number of nitrogens with zero attached hydrogens (tertiary/aromatic N) is 3. The van der Waals surface area contributed by atoms with Crippen molar-refractivity contribution in [2.24, 2.45) is 40.6 Å². The SMILES string of the molecule is N#Cc1ccc(/C=N\N2C(=O)[C@@H]3[C@H]4C=C[C@@H]([C@@H]5C[C@@H]45)[C@@H]3C2=O)cc1. The van der Waals surface area contributed by atoms with Crippen LogP contribution >= 0.6 is 0 Å². The molecule has 6 rings (SSSR count). The summed E-state index contributed by atoms with van der Waals surface area (Å²) in [5.41, 5.74) is 1.32. The predicted octanol–water partition coefficient (Wildman–Crippen LogP) is 1.95. The van der Waals surface area contributed by atoms with E-state index in [-0.39, 0.29) is 35.5 Å². The van der Waals surface area contributed by atoms with E-state index in [1.165, 1.54) is 6.21 Å². The molecule has 0 spiro atoms. The normalized spacial score (nSPS) is 38.4. The summed E-state index contributed by atoms with van der Waals surface area (Å²) in [5, 5.41) is 14.1. The third kappa shape index (κ3) is 1.71. The second-order valence-corrected chi connectivity index (χ2v) is 7.12. The van der Waals surface area contributed by atoms with E-state index in [4.69, 9.17) is 5.26 Å². The summed E-state index contributed by atoms with van der Waals surface area (Å²) >= 11 is 0. The van der Waals surface area contributed by atoms with Crippen molar-refractivity contribution in [1.82, 2.24) is 5.01 Å². The zero-order valence-corrected chi connectivity index (χ0v) is 12.9. The molecule has 0 radical (unpaired) electrons. The van der Waals surface area contributed by atoms with Gasteiger partial charge in [-0.1, -0.05) is 24.3 Å². The highest BCUT2D eigenvalue weighted by Gasteiger charge is 2.67. The number of hydrogen-bond acceptors (Lipinski definition) is 4. The molecule has 118 valence electrons. The number of allylic oxidation sites excluding steroid dienone is 2. The van der Waals surface area contributed by atoms with E-state index >= 15 is 0 Å². The molecule has 0 unspecified atom stereocenters. The molecule has 24 heavy (non-hydrogen) atoms. The van der Waals surface area contributed by atoms with Crippen molar-refractivity contribution in [3.05, 3.63) is 47.5 Å². The summed E-state index contributed by atoms with van der Waals surface area (Å²) in [6, 6.07) is 8.93. The number of carbonyl (C=O) groups is 2. The second-order valence-electron chi connectivity index (χ2n) is 7.12. The fraction of sp³-hybridized carbons (Fsp3) is 0.368. The molecule has 1 saturated heterocycles. The third-order valence-corrected chi connectivity index (χ3v) is 6.00. The van der Waals surface area contributed by atoms with Gasteiger partial charge in [-0.15, -0.1) is 0 Å². The zero-order valence-electron chi connectivity index (χ0n) is 12.9. The van der Waals surface area contributed by atoms with Crippen LogP contribution in [0.5, 0.6) is 0 Å². The lowest BCUT2D eigenvalue weighted by molar-refractivity contribution is -0.140. The predicted molar refractivity (Wildman–Crippen MR) is 85.3 cm³/mol. The lowest BCUT2D eigenvalue weighted by atomic mass is 9.63. The molecule has 2 bridgehead atoms. The van der Waals surface area contributed by atoms with Crippen molar-refractivity contribution in [3.8, 4) is 6.07 Å². The van der Waals surface area contributed by atoms with Crippen LogP contribution in [0, 0.1) is 46.8 Å². The number of carbonyl (C=O) groups excluding carboxylic acids is 2. The maximum absolute atomic E-state index is 12.7. The van der Waals surface area contributed by atoms with Gasteiger partial charge >= 0.3 is 0 Å². The highest BCUT2D eigenvalue weighted by molar-refractivity contribution is 6.06. The van der Waals surface area contributed by atoms with Crippen molar-refractivity contribution in [2.45, 2.75) is 6.42 Å². The molecule has 2 amide bonds. The first-order valence-electron chi connectivity index (χ1n) is 8.29. The largest absolute Gasteiger partial charge is 0.272 e. The van der Waals surface area contributed by atoms with Crippen LogP contribution in [0.4, 0.5) is 0 Å². The maximum atomic E-state index is 12.7. The monoisotopic (exact) mass is 317 g/mol. The van der Waals surface area contributed by atoms with Gasteiger partial charge in [0, 0.05) is 0 Å². The number of hydrazone groups is 1. The summed E-state index contributed by atoms with van der Waals surface area (Å²) < 4.78 is 0. The van der Waals surface area contributed by atoms with Gasteiger partial charge in [0.15, 0.2) is 0 Å². The molecule has 1 heterocycles. The van der Waals surface area contributed by atoms with Crippen LogP contribution in [0.3, 0.4) is 0 Å². The molecular weight excluding hydrogens is 302 g/mol. The van der Waals surface area contributed by atoms with E-state index in [0.29, 0.717) is 17.4 Å². The van der Waals surface area contributed by atoms with Gasteiger partial charge in [-0.05, 0) is 47.8 Å². The molecule has 5 nitrogen and oxygen atoms in total. The van der Waals surface area contributed by atoms with Crippen LogP contribution in [0.25, 0.3) is 0 Å². The quantitative estimate of drug-likeness (QED) is 0.475. The minimum Gasteiger partial charge on any atom is -0.272 e. The summed E-state index contributed by atoms with van der Waals surface area (Å²) in [6.07, 6.45) is 6.98. The Balaban J connectivity index is 1.42. The summed E-state index contributed by atoms with van der Waals surface area (Å²) in [6.45, 7) is 0. The Morgan fingerprint density at radius 1 is 1.04 bits per heavy atom. The Hall–Kier alpha value is -2.74. The van der Waals surface area contributed by atoms with Crippen molar-refractivity contribution in [2.75, 3.05) is 0 Å². The first kappa shape index (κ1) is 13.7. The third-order valence-electron chi connectivity index (χ3n) is 6.00. The maximum Gasteiger partial charge on any atom is 0.254 e. The molecule has 1 aromatic rings. The number of imide groups is 1. The Morgan fingerprint density at radius 2 is 1.62 bits per heavy atom. The van der Waals surface area contributed by atoms with Crippen molar-refractivity contribution in [1.29, 1.82) is 5.26 Å². The van der Waals surface area contributed by atoms with Gasteiger partial charge in [0.2, 0.25) is 0 Å². The van der Waals surface area contributed by atoms with E-state index in [2.05, 4.69) is 23.3 Å². The lowest BCUT2D eigenvalue weighted by Gasteiger charge is -2.37. The van der Waals surface area contributed by atoms with Gasteiger partial charge in [0.25, 0.3) is 11.8 Å². The fourth-order valence-corrected chi connectivity index (χ4v) is 4.82. The number of rotatable bonds is 2. The van der Waals surface area contributed by atoms with Gasteiger partial charge in [-0.3, -0.25) is 9.59 Å². The minimum atomic E-state index is -0.214. The molecule has 4 aliphatic carbocycles. The second kappa shape index (κ2) is 4.64. The Kier molecular flexibility index (Phi) is 2.64. The minimum absolute atomic E-state index is 0.153. The number of benzene rings is 1. The number of hydrogen-bond donors (Lipinski definition) is 0.